The Balaban J connectivity index is 2.29. The quantitative estimate of drug-likeness (QED) is 0.0966. The zero-order valence-corrected chi connectivity index (χ0v) is 19.0. The average Bonchev–Trinajstić information content (AvgIpc) is 2.89. The average molecular weight is 508 g/mol. The summed E-state index contributed by atoms with van der Waals surface area (Å²) in [6.45, 7) is 4.34. The molecule has 0 aliphatic rings. The van der Waals surface area contributed by atoms with Crippen molar-refractivity contribution in [2.24, 2.45) is 0 Å². The van der Waals surface area contributed by atoms with Crippen LogP contribution in [0.15, 0.2) is 49.6 Å². The van der Waals surface area contributed by atoms with Crippen LogP contribution >= 0.6 is 0 Å². The van der Waals surface area contributed by atoms with Gasteiger partial charge in [0.1, 0.15) is 26.4 Å². The maximum atomic E-state index is 12.1. The van der Waals surface area contributed by atoms with Gasteiger partial charge in [-0.05, 0) is 18.2 Å². The van der Waals surface area contributed by atoms with E-state index in [9.17, 15) is 28.8 Å². The number of amides is 2. The van der Waals surface area contributed by atoms with E-state index in [1.807, 2.05) is 0 Å². The standard InChI is InChI=1S/C22H24N2O12/c1-3-17(25)33-13-19(27)31-8-10-35-23-21(29)15-6-5-7-16(12-15)22(30)24-36-11-9-32-20(28)14-34-18(26)4-2/h3-7,12H,1-2,8-11,13-14H2,(H,23,29)(H,24,30). The van der Waals surface area contributed by atoms with Crippen LogP contribution < -0.4 is 11.0 Å². The van der Waals surface area contributed by atoms with Gasteiger partial charge in [-0.3, -0.25) is 19.3 Å². The molecule has 0 unspecified atom stereocenters. The molecule has 194 valence electrons. The molecule has 0 aliphatic carbocycles. The van der Waals surface area contributed by atoms with E-state index in [1.165, 1.54) is 24.3 Å². The van der Waals surface area contributed by atoms with Gasteiger partial charge in [-0.2, -0.15) is 0 Å². The minimum Gasteiger partial charge on any atom is -0.461 e. The summed E-state index contributed by atoms with van der Waals surface area (Å²) in [6, 6.07) is 5.55. The highest BCUT2D eigenvalue weighted by atomic mass is 16.7. The number of ether oxygens (including phenoxy) is 4. The molecule has 2 amide bonds. The van der Waals surface area contributed by atoms with Crippen LogP contribution in [0.4, 0.5) is 0 Å². The van der Waals surface area contributed by atoms with Crippen LogP contribution in [0.2, 0.25) is 0 Å². The fraction of sp³-hybridized carbons (Fsp3) is 0.273. The topological polar surface area (TPSA) is 182 Å². The molecule has 0 atom stereocenters. The number of benzene rings is 1. The molecule has 36 heavy (non-hydrogen) atoms. The molecule has 14 nitrogen and oxygen atoms in total. The summed E-state index contributed by atoms with van der Waals surface area (Å²) >= 11 is 0. The highest BCUT2D eigenvalue weighted by molar-refractivity contribution is 5.99. The van der Waals surface area contributed by atoms with Crippen LogP contribution in [-0.2, 0) is 47.8 Å². The summed E-state index contributed by atoms with van der Waals surface area (Å²) in [5, 5.41) is 0. The van der Waals surface area contributed by atoms with Gasteiger partial charge in [0.15, 0.2) is 13.2 Å². The molecular formula is C22H24N2O12. The zero-order chi connectivity index (χ0) is 26.8. The Morgan fingerprint density at radius 3 is 1.47 bits per heavy atom. The van der Waals surface area contributed by atoms with Crippen LogP contribution in [0.1, 0.15) is 20.7 Å². The number of hydrogen-bond donors (Lipinski definition) is 2. The predicted molar refractivity (Wildman–Crippen MR) is 118 cm³/mol. The minimum absolute atomic E-state index is 0.0824. The normalized spacial score (nSPS) is 9.78. The van der Waals surface area contributed by atoms with Crippen molar-refractivity contribution in [3.8, 4) is 0 Å². The van der Waals surface area contributed by atoms with Crippen molar-refractivity contribution in [1.82, 2.24) is 11.0 Å². The number of nitrogens with one attached hydrogen (secondary N) is 2. The molecule has 0 bridgehead atoms. The van der Waals surface area contributed by atoms with E-state index in [1.54, 1.807) is 0 Å². The van der Waals surface area contributed by atoms with Crippen LogP contribution in [-0.4, -0.2) is 75.3 Å². The Morgan fingerprint density at radius 2 is 1.08 bits per heavy atom. The highest BCUT2D eigenvalue weighted by Gasteiger charge is 2.12. The maximum absolute atomic E-state index is 12.1. The van der Waals surface area contributed by atoms with E-state index < -0.39 is 48.9 Å². The monoisotopic (exact) mass is 508 g/mol. The van der Waals surface area contributed by atoms with Crippen LogP contribution in [0.25, 0.3) is 0 Å². The third-order valence-corrected chi connectivity index (χ3v) is 3.61. The van der Waals surface area contributed by atoms with E-state index >= 15 is 0 Å². The second kappa shape index (κ2) is 17.0. The third kappa shape index (κ3) is 12.6. The molecule has 14 heteroatoms. The summed E-state index contributed by atoms with van der Waals surface area (Å²) in [5.41, 5.74) is 4.39. The summed E-state index contributed by atoms with van der Waals surface area (Å²) in [6.07, 6.45) is 1.79. The molecule has 1 aromatic rings. The molecule has 1 rings (SSSR count). The second-order valence-electron chi connectivity index (χ2n) is 6.20. The van der Waals surface area contributed by atoms with Gasteiger partial charge < -0.3 is 18.9 Å². The fourth-order valence-corrected chi connectivity index (χ4v) is 2.01. The number of esters is 4. The highest BCUT2D eigenvalue weighted by Crippen LogP contribution is 2.05. The van der Waals surface area contributed by atoms with Gasteiger partial charge in [-0.15, -0.1) is 0 Å². The van der Waals surface area contributed by atoms with Gasteiger partial charge in [0.05, 0.1) is 0 Å². The van der Waals surface area contributed by atoms with Gasteiger partial charge in [0, 0.05) is 23.3 Å². The van der Waals surface area contributed by atoms with Crippen LogP contribution in [0.3, 0.4) is 0 Å². The SMILES string of the molecule is C=CC(=O)OCC(=O)OCCONC(=O)c1cccc(C(=O)NOCCOC(=O)COC(=O)C=C)c1. The lowest BCUT2D eigenvalue weighted by molar-refractivity contribution is -0.157. The molecular weight excluding hydrogens is 484 g/mol. The Labute approximate surface area is 205 Å². The van der Waals surface area contributed by atoms with E-state index in [0.29, 0.717) is 0 Å². The number of carbonyl (C=O) groups excluding carboxylic acids is 6. The Bertz CT molecular complexity index is 902. The van der Waals surface area contributed by atoms with Crippen molar-refractivity contribution in [1.29, 1.82) is 0 Å². The molecule has 1 aromatic carbocycles. The largest absolute Gasteiger partial charge is 0.461 e. The summed E-state index contributed by atoms with van der Waals surface area (Å²) < 4.78 is 18.4. The Morgan fingerprint density at radius 1 is 0.667 bits per heavy atom. The lowest BCUT2D eigenvalue weighted by atomic mass is 10.1. The summed E-state index contributed by atoms with van der Waals surface area (Å²) in [5.74, 6) is -4.53. The molecule has 0 saturated heterocycles. The van der Waals surface area contributed by atoms with Crippen molar-refractivity contribution in [2.45, 2.75) is 0 Å². The molecule has 0 heterocycles. The zero-order valence-electron chi connectivity index (χ0n) is 19.0. The first-order valence-corrected chi connectivity index (χ1v) is 10.1. The molecule has 0 aromatic heterocycles. The third-order valence-electron chi connectivity index (χ3n) is 3.61. The smallest absolute Gasteiger partial charge is 0.344 e. The number of rotatable bonds is 16. The van der Waals surface area contributed by atoms with E-state index in [0.717, 1.165) is 12.2 Å². The minimum atomic E-state index is -0.812. The second-order valence-corrected chi connectivity index (χ2v) is 6.20. The molecule has 0 radical (unpaired) electrons. The van der Waals surface area contributed by atoms with E-state index in [4.69, 9.17) is 19.1 Å². The van der Waals surface area contributed by atoms with Crippen molar-refractivity contribution in [3.05, 3.63) is 60.7 Å². The number of hydrogen-bond acceptors (Lipinski definition) is 12. The molecule has 2 N–H and O–H groups in total. The Hall–Kier alpha value is -4.56. The fourth-order valence-electron chi connectivity index (χ4n) is 2.01. The molecule has 0 fully saturated rings. The number of hydroxylamine groups is 2. The first kappa shape index (κ1) is 29.5. The van der Waals surface area contributed by atoms with Gasteiger partial charge >= 0.3 is 23.9 Å². The lowest BCUT2D eigenvalue weighted by Gasteiger charge is -2.09. The first-order valence-electron chi connectivity index (χ1n) is 10.1. The van der Waals surface area contributed by atoms with Crippen molar-refractivity contribution in [3.63, 3.8) is 0 Å². The van der Waals surface area contributed by atoms with E-state index in [2.05, 4.69) is 33.6 Å². The van der Waals surface area contributed by atoms with Crippen LogP contribution in [0, 0.1) is 0 Å². The van der Waals surface area contributed by atoms with Crippen LogP contribution in [0.5, 0.6) is 0 Å². The molecule has 0 spiro atoms. The van der Waals surface area contributed by atoms with Gasteiger partial charge in [0.2, 0.25) is 0 Å². The summed E-state index contributed by atoms with van der Waals surface area (Å²) in [7, 11) is 0. The van der Waals surface area contributed by atoms with Gasteiger partial charge in [-0.25, -0.2) is 30.1 Å². The lowest BCUT2D eigenvalue weighted by Crippen LogP contribution is -2.28. The Kier molecular flexibility index (Phi) is 13.9. The molecule has 0 saturated carbocycles. The van der Waals surface area contributed by atoms with E-state index in [-0.39, 0.29) is 37.6 Å². The maximum Gasteiger partial charge on any atom is 0.344 e. The predicted octanol–water partition coefficient (Wildman–Crippen LogP) is -0.446. The van der Waals surface area contributed by atoms with Crippen molar-refractivity contribution in [2.75, 3.05) is 39.6 Å². The van der Waals surface area contributed by atoms with Crippen molar-refractivity contribution < 1.29 is 57.4 Å². The summed E-state index contributed by atoms with van der Waals surface area (Å²) in [4.78, 5) is 78.4. The van der Waals surface area contributed by atoms with Gasteiger partial charge in [-0.1, -0.05) is 19.2 Å². The number of carbonyl (C=O) groups is 6. The molecule has 0 aliphatic heterocycles. The van der Waals surface area contributed by atoms with Gasteiger partial charge in [0.25, 0.3) is 11.8 Å². The first-order chi connectivity index (χ1) is 17.3. The van der Waals surface area contributed by atoms with Crippen molar-refractivity contribution >= 4 is 35.7 Å².